The molecule has 30 heavy (non-hydrogen) atoms. The first kappa shape index (κ1) is 19.9. The number of aromatic nitrogens is 2. The van der Waals surface area contributed by atoms with Crippen molar-refractivity contribution in [2.45, 2.75) is 13.1 Å². The first-order valence-electron chi connectivity index (χ1n) is 9.09. The van der Waals surface area contributed by atoms with Crippen LogP contribution in [0.3, 0.4) is 0 Å². The molecule has 0 unspecified atom stereocenters. The number of anilines is 2. The van der Waals surface area contributed by atoms with E-state index in [1.54, 1.807) is 12.1 Å². The van der Waals surface area contributed by atoms with Crippen molar-refractivity contribution in [1.29, 1.82) is 0 Å². The number of amides is 2. The second-order valence-corrected chi connectivity index (χ2v) is 8.45. The minimum absolute atomic E-state index is 0.347. The van der Waals surface area contributed by atoms with E-state index in [0.29, 0.717) is 35.9 Å². The van der Waals surface area contributed by atoms with Crippen LogP contribution in [0.15, 0.2) is 59.6 Å². The molecule has 4 aromatic heterocycles. The number of aldehydes is 2. The van der Waals surface area contributed by atoms with Gasteiger partial charge in [0, 0.05) is 22.1 Å². The Balaban J connectivity index is 1.43. The Kier molecular flexibility index (Phi) is 5.92. The SMILES string of the molecule is O=Cc1cccn1Cc1sccc1NC(=O)Nc1ccsc1Cn1cccc1C=O. The zero-order valence-corrected chi connectivity index (χ0v) is 17.4. The van der Waals surface area contributed by atoms with Crippen LogP contribution < -0.4 is 10.6 Å². The lowest BCUT2D eigenvalue weighted by molar-refractivity contribution is 0.110. The molecular formula is C21H18N4O3S2. The Hall–Kier alpha value is -3.43. The van der Waals surface area contributed by atoms with Gasteiger partial charge in [0.25, 0.3) is 0 Å². The standard InChI is InChI=1S/C21H18N4O3S2/c26-13-15-3-1-7-24(15)11-19-17(5-9-29-19)22-21(28)23-18-6-10-30-20(18)12-25-8-2-4-16(25)14-27/h1-10,13-14H,11-12H2,(H2,22,23,28). The van der Waals surface area contributed by atoms with Crippen LogP contribution in [-0.2, 0) is 13.1 Å². The number of urea groups is 1. The number of carbonyl (C=O) groups excluding carboxylic acids is 3. The molecule has 0 fully saturated rings. The van der Waals surface area contributed by atoms with Gasteiger partial charge in [0.05, 0.1) is 35.9 Å². The van der Waals surface area contributed by atoms with Crippen LogP contribution in [0.5, 0.6) is 0 Å². The average molecular weight is 439 g/mol. The highest BCUT2D eigenvalue weighted by molar-refractivity contribution is 7.10. The maximum Gasteiger partial charge on any atom is 0.323 e. The molecule has 7 nitrogen and oxygen atoms in total. The molecule has 0 aliphatic rings. The molecule has 9 heteroatoms. The lowest BCUT2D eigenvalue weighted by atomic mass is 10.3. The van der Waals surface area contributed by atoms with Crippen LogP contribution in [0, 0.1) is 0 Å². The Morgan fingerprint density at radius 1 is 0.800 bits per heavy atom. The molecule has 4 aromatic rings. The molecule has 0 aromatic carbocycles. The first-order valence-corrected chi connectivity index (χ1v) is 10.8. The lowest BCUT2D eigenvalue weighted by Crippen LogP contribution is -2.20. The number of carbonyl (C=O) groups is 3. The molecule has 0 radical (unpaired) electrons. The van der Waals surface area contributed by atoms with Crippen molar-refractivity contribution in [2.24, 2.45) is 0 Å². The van der Waals surface area contributed by atoms with Gasteiger partial charge in [0.2, 0.25) is 0 Å². The van der Waals surface area contributed by atoms with E-state index in [0.717, 1.165) is 22.3 Å². The van der Waals surface area contributed by atoms with Crippen LogP contribution in [0.4, 0.5) is 16.2 Å². The minimum Gasteiger partial charge on any atom is -0.340 e. The monoisotopic (exact) mass is 438 g/mol. The number of thiophene rings is 2. The summed E-state index contributed by atoms with van der Waals surface area (Å²) in [7, 11) is 0. The molecule has 0 aliphatic carbocycles. The van der Waals surface area contributed by atoms with Gasteiger partial charge in [0.1, 0.15) is 0 Å². The third-order valence-electron chi connectivity index (χ3n) is 4.59. The van der Waals surface area contributed by atoms with Crippen molar-refractivity contribution in [3.8, 4) is 0 Å². The van der Waals surface area contributed by atoms with Crippen LogP contribution in [-0.4, -0.2) is 27.7 Å². The van der Waals surface area contributed by atoms with Gasteiger partial charge in [0.15, 0.2) is 12.6 Å². The highest BCUT2D eigenvalue weighted by atomic mass is 32.1. The third-order valence-corrected chi connectivity index (χ3v) is 6.40. The maximum atomic E-state index is 12.6. The Labute approximate surface area is 180 Å². The highest BCUT2D eigenvalue weighted by Crippen LogP contribution is 2.26. The smallest absolute Gasteiger partial charge is 0.323 e. The number of hydrogen-bond donors (Lipinski definition) is 2. The fourth-order valence-corrected chi connectivity index (χ4v) is 4.75. The third kappa shape index (κ3) is 4.27. The van der Waals surface area contributed by atoms with E-state index in [1.165, 1.54) is 22.7 Å². The molecule has 0 saturated carbocycles. The molecule has 0 aliphatic heterocycles. The van der Waals surface area contributed by atoms with E-state index in [4.69, 9.17) is 0 Å². The van der Waals surface area contributed by atoms with E-state index >= 15 is 0 Å². The highest BCUT2D eigenvalue weighted by Gasteiger charge is 2.13. The second-order valence-electron chi connectivity index (χ2n) is 6.45. The van der Waals surface area contributed by atoms with Gasteiger partial charge < -0.3 is 19.8 Å². The van der Waals surface area contributed by atoms with Gasteiger partial charge in [-0.15, -0.1) is 22.7 Å². The fraction of sp³-hybridized carbons (Fsp3) is 0.0952. The molecule has 4 heterocycles. The van der Waals surface area contributed by atoms with Gasteiger partial charge in [-0.25, -0.2) is 4.79 Å². The van der Waals surface area contributed by atoms with E-state index < -0.39 is 0 Å². The second kappa shape index (κ2) is 8.93. The fourth-order valence-electron chi connectivity index (χ4n) is 3.09. The first-order chi connectivity index (χ1) is 14.7. The van der Waals surface area contributed by atoms with E-state index in [9.17, 15) is 14.4 Å². The maximum absolute atomic E-state index is 12.6. The summed E-state index contributed by atoms with van der Waals surface area (Å²) in [6.07, 6.45) is 5.29. The van der Waals surface area contributed by atoms with Crippen LogP contribution in [0.2, 0.25) is 0 Å². The van der Waals surface area contributed by atoms with E-state index in [1.807, 2.05) is 56.6 Å². The molecule has 0 atom stereocenters. The predicted molar refractivity (Wildman–Crippen MR) is 119 cm³/mol. The predicted octanol–water partition coefficient (Wildman–Crippen LogP) is 4.78. The number of nitrogens with zero attached hydrogens (tertiary/aromatic N) is 2. The quantitative estimate of drug-likeness (QED) is 0.388. The zero-order valence-electron chi connectivity index (χ0n) is 15.8. The van der Waals surface area contributed by atoms with Crippen molar-refractivity contribution in [3.05, 3.63) is 80.7 Å². The van der Waals surface area contributed by atoms with Crippen LogP contribution >= 0.6 is 22.7 Å². The van der Waals surface area contributed by atoms with Gasteiger partial charge in [-0.1, -0.05) is 0 Å². The topological polar surface area (TPSA) is 85.1 Å². The number of nitrogens with one attached hydrogen (secondary N) is 2. The Morgan fingerprint density at radius 2 is 1.27 bits per heavy atom. The Bertz CT molecular complexity index is 1090. The summed E-state index contributed by atoms with van der Waals surface area (Å²) in [5.41, 5.74) is 2.57. The van der Waals surface area contributed by atoms with Crippen molar-refractivity contribution in [3.63, 3.8) is 0 Å². The van der Waals surface area contributed by atoms with Gasteiger partial charge in [-0.05, 0) is 47.2 Å². The van der Waals surface area contributed by atoms with Crippen LogP contribution in [0.25, 0.3) is 0 Å². The average Bonchev–Trinajstić information content (AvgIpc) is 3.52. The minimum atomic E-state index is -0.347. The molecule has 0 bridgehead atoms. The van der Waals surface area contributed by atoms with Gasteiger partial charge in [-0.3, -0.25) is 9.59 Å². The number of hydrogen-bond acceptors (Lipinski definition) is 5. The summed E-state index contributed by atoms with van der Waals surface area (Å²) < 4.78 is 3.67. The molecule has 4 rings (SSSR count). The van der Waals surface area contributed by atoms with Crippen molar-refractivity contribution >= 4 is 52.7 Å². The summed E-state index contributed by atoms with van der Waals surface area (Å²) in [6, 6.07) is 10.5. The Morgan fingerprint density at radius 3 is 1.70 bits per heavy atom. The summed E-state index contributed by atoms with van der Waals surface area (Å²) >= 11 is 3.03. The van der Waals surface area contributed by atoms with E-state index in [2.05, 4.69) is 10.6 Å². The van der Waals surface area contributed by atoms with E-state index in [-0.39, 0.29) is 6.03 Å². The lowest BCUT2D eigenvalue weighted by Gasteiger charge is -2.11. The van der Waals surface area contributed by atoms with Gasteiger partial charge >= 0.3 is 6.03 Å². The van der Waals surface area contributed by atoms with Crippen molar-refractivity contribution < 1.29 is 14.4 Å². The summed E-state index contributed by atoms with van der Waals surface area (Å²) in [5.74, 6) is 0. The number of rotatable bonds is 8. The van der Waals surface area contributed by atoms with Gasteiger partial charge in [-0.2, -0.15) is 0 Å². The molecule has 0 spiro atoms. The zero-order chi connectivity index (χ0) is 20.9. The van der Waals surface area contributed by atoms with Crippen molar-refractivity contribution in [1.82, 2.24) is 9.13 Å². The van der Waals surface area contributed by atoms with Crippen LogP contribution in [0.1, 0.15) is 30.7 Å². The van der Waals surface area contributed by atoms with Crippen molar-refractivity contribution in [2.75, 3.05) is 10.6 Å². The molecule has 2 amide bonds. The molecule has 0 saturated heterocycles. The molecule has 2 N–H and O–H groups in total. The summed E-state index contributed by atoms with van der Waals surface area (Å²) in [4.78, 5) is 36.7. The summed E-state index contributed by atoms with van der Waals surface area (Å²) in [5, 5.41) is 9.58. The normalized spacial score (nSPS) is 10.7. The summed E-state index contributed by atoms with van der Waals surface area (Å²) in [6.45, 7) is 1.00. The molecular weight excluding hydrogens is 420 g/mol. The largest absolute Gasteiger partial charge is 0.340 e. The molecule has 152 valence electrons.